The molecule has 1 amide bonds. The van der Waals surface area contributed by atoms with Crippen molar-refractivity contribution in [2.24, 2.45) is 0 Å². The fourth-order valence-corrected chi connectivity index (χ4v) is 3.49. The molecule has 0 aliphatic carbocycles. The van der Waals surface area contributed by atoms with Crippen LogP contribution < -0.4 is 25.4 Å². The van der Waals surface area contributed by atoms with Gasteiger partial charge in [0.25, 0.3) is 5.91 Å². The van der Waals surface area contributed by atoms with Gasteiger partial charge in [0.1, 0.15) is 22.9 Å². The maximum absolute atomic E-state index is 13.2. The first-order valence-corrected chi connectivity index (χ1v) is 10.8. The van der Waals surface area contributed by atoms with Gasteiger partial charge >= 0.3 is 0 Å². The third-order valence-electron chi connectivity index (χ3n) is 5.04. The molecular weight excluding hydrogens is 436 g/mol. The van der Waals surface area contributed by atoms with Crippen LogP contribution >= 0.6 is 0 Å². The summed E-state index contributed by atoms with van der Waals surface area (Å²) in [6.07, 6.45) is 4.88. The zero-order valence-corrected chi connectivity index (χ0v) is 19.2. The maximum Gasteiger partial charge on any atom is 0.261 e. The number of carbonyl (C=O) groups excluding carboxylic acids is 1. The molecule has 176 valence electrons. The number of aromatic nitrogens is 4. The number of nitrogens with one attached hydrogen (secondary N) is 5. The van der Waals surface area contributed by atoms with Gasteiger partial charge in [-0.25, -0.2) is 15.0 Å². The van der Waals surface area contributed by atoms with Crippen LogP contribution in [0.15, 0.2) is 48.2 Å². The van der Waals surface area contributed by atoms with Crippen LogP contribution in [-0.2, 0) is 11.3 Å². The molecule has 2 aromatic heterocycles. The molecule has 0 unspecified atom stereocenters. The second kappa shape index (κ2) is 10.0. The molecule has 1 aliphatic heterocycles. The number of aromatic amines is 1. The Balaban J connectivity index is 1.80. The van der Waals surface area contributed by atoms with E-state index in [-0.39, 0.29) is 17.8 Å². The van der Waals surface area contributed by atoms with Crippen LogP contribution in [0, 0.1) is 5.41 Å². The lowest BCUT2D eigenvalue weighted by molar-refractivity contribution is -0.115. The zero-order chi connectivity index (χ0) is 24.1. The standard InChI is InChI=1S/C23H26N8O3/c1-4-25-11-15-20(24)21(28-12-18-26-7-6-8-27-18)19(23(32)31-15)22-29-13-9-16(33-3)17(34-5-2)10-14(13)30-22/h6-11,24-25,28H,4-5,12H2,1-3H3,(H,29,30)(H,31,32)/b15-11+,24-20?. The first-order valence-electron chi connectivity index (χ1n) is 10.8. The molecule has 0 saturated carbocycles. The Hall–Kier alpha value is -4.41. The Bertz CT molecular complexity index is 1280. The van der Waals surface area contributed by atoms with Gasteiger partial charge in [-0.15, -0.1) is 0 Å². The molecule has 1 aliphatic rings. The smallest absolute Gasteiger partial charge is 0.261 e. The number of hydrogen-bond acceptors (Lipinski definition) is 9. The SMILES string of the molecule is CCN/C=C1/NC(=O)C(c2nc3cc(OC)c(OCC)cc3[nH]2)=C(NCc2ncccn2)C1=N. The Morgan fingerprint density at radius 1 is 1.18 bits per heavy atom. The van der Waals surface area contributed by atoms with Crippen molar-refractivity contribution < 1.29 is 14.3 Å². The van der Waals surface area contributed by atoms with Crippen molar-refractivity contribution in [1.82, 2.24) is 35.9 Å². The van der Waals surface area contributed by atoms with Crippen molar-refractivity contribution in [3.8, 4) is 11.5 Å². The lowest BCUT2D eigenvalue weighted by Crippen LogP contribution is -2.40. The topological polar surface area (TPSA) is 150 Å². The molecule has 5 N–H and O–H groups in total. The van der Waals surface area contributed by atoms with Gasteiger partial charge in [-0.05, 0) is 19.9 Å². The van der Waals surface area contributed by atoms with Crippen molar-refractivity contribution in [1.29, 1.82) is 5.41 Å². The molecule has 11 heteroatoms. The molecule has 34 heavy (non-hydrogen) atoms. The minimum Gasteiger partial charge on any atom is -0.493 e. The van der Waals surface area contributed by atoms with Gasteiger partial charge in [0, 0.05) is 37.3 Å². The highest BCUT2D eigenvalue weighted by molar-refractivity contribution is 6.33. The van der Waals surface area contributed by atoms with Crippen LogP contribution in [0.4, 0.5) is 0 Å². The number of ether oxygens (including phenoxy) is 2. The van der Waals surface area contributed by atoms with E-state index in [2.05, 4.69) is 35.9 Å². The number of fused-ring (bicyclic) bond motifs is 1. The minimum atomic E-state index is -0.396. The van der Waals surface area contributed by atoms with E-state index in [9.17, 15) is 4.79 Å². The molecule has 4 rings (SSSR count). The van der Waals surface area contributed by atoms with E-state index in [0.717, 1.165) is 0 Å². The van der Waals surface area contributed by atoms with E-state index in [4.69, 9.17) is 14.9 Å². The molecule has 0 radical (unpaired) electrons. The molecule has 1 aromatic carbocycles. The van der Waals surface area contributed by atoms with E-state index in [1.165, 1.54) is 0 Å². The first-order chi connectivity index (χ1) is 16.5. The van der Waals surface area contributed by atoms with Crippen molar-refractivity contribution >= 4 is 28.2 Å². The Morgan fingerprint density at radius 3 is 2.68 bits per heavy atom. The Labute approximate surface area is 196 Å². The zero-order valence-electron chi connectivity index (χ0n) is 19.2. The number of hydrogen-bond donors (Lipinski definition) is 5. The average Bonchev–Trinajstić information content (AvgIpc) is 3.25. The number of methoxy groups -OCH3 is 1. The van der Waals surface area contributed by atoms with Gasteiger partial charge < -0.3 is 30.4 Å². The average molecular weight is 463 g/mol. The van der Waals surface area contributed by atoms with Crippen molar-refractivity contribution in [2.75, 3.05) is 20.3 Å². The summed E-state index contributed by atoms with van der Waals surface area (Å²) in [5, 5.41) is 17.7. The third-order valence-corrected chi connectivity index (χ3v) is 5.04. The molecule has 0 bridgehead atoms. The van der Waals surface area contributed by atoms with E-state index in [0.29, 0.717) is 58.7 Å². The summed E-state index contributed by atoms with van der Waals surface area (Å²) in [4.78, 5) is 29.4. The minimum absolute atomic E-state index is 0.111. The normalized spacial score (nSPS) is 15.0. The van der Waals surface area contributed by atoms with Crippen LogP contribution in [0.1, 0.15) is 25.5 Å². The van der Waals surface area contributed by atoms with Gasteiger partial charge in [-0.2, -0.15) is 0 Å². The summed E-state index contributed by atoms with van der Waals surface area (Å²) in [5.41, 5.74) is 2.26. The van der Waals surface area contributed by atoms with Crippen LogP contribution in [-0.4, -0.2) is 51.8 Å². The molecule has 0 fully saturated rings. The summed E-state index contributed by atoms with van der Waals surface area (Å²) < 4.78 is 11.1. The number of amides is 1. The monoisotopic (exact) mass is 462 g/mol. The second-order valence-electron chi connectivity index (χ2n) is 7.25. The molecule has 0 spiro atoms. The van der Waals surface area contributed by atoms with Crippen molar-refractivity contribution in [3.63, 3.8) is 0 Å². The molecule has 0 saturated heterocycles. The summed E-state index contributed by atoms with van der Waals surface area (Å²) in [7, 11) is 1.56. The van der Waals surface area contributed by atoms with Crippen LogP contribution in [0.3, 0.4) is 0 Å². The van der Waals surface area contributed by atoms with E-state index < -0.39 is 5.91 Å². The summed E-state index contributed by atoms with van der Waals surface area (Å²) in [6, 6.07) is 5.25. The fourth-order valence-electron chi connectivity index (χ4n) is 3.49. The van der Waals surface area contributed by atoms with Gasteiger partial charge in [0.05, 0.1) is 42.7 Å². The summed E-state index contributed by atoms with van der Waals surface area (Å²) >= 11 is 0. The molecular formula is C23H26N8O3. The van der Waals surface area contributed by atoms with E-state index >= 15 is 0 Å². The van der Waals surface area contributed by atoms with Gasteiger partial charge in [-0.1, -0.05) is 0 Å². The maximum atomic E-state index is 13.2. The molecule has 3 heterocycles. The first kappa shape index (κ1) is 22.8. The van der Waals surface area contributed by atoms with Crippen LogP contribution in [0.5, 0.6) is 11.5 Å². The van der Waals surface area contributed by atoms with Gasteiger partial charge in [0.15, 0.2) is 11.5 Å². The van der Waals surface area contributed by atoms with Gasteiger partial charge in [0.2, 0.25) is 0 Å². The molecule has 11 nitrogen and oxygen atoms in total. The molecule has 3 aromatic rings. The molecule has 0 atom stereocenters. The lowest BCUT2D eigenvalue weighted by atomic mass is 10.0. The third kappa shape index (κ3) is 4.53. The highest BCUT2D eigenvalue weighted by atomic mass is 16.5. The van der Waals surface area contributed by atoms with Crippen molar-refractivity contribution in [2.45, 2.75) is 20.4 Å². The Kier molecular flexibility index (Phi) is 6.72. The fraction of sp³-hybridized carbons (Fsp3) is 0.261. The van der Waals surface area contributed by atoms with Crippen molar-refractivity contribution in [3.05, 3.63) is 59.8 Å². The highest BCUT2D eigenvalue weighted by Gasteiger charge is 2.31. The Morgan fingerprint density at radius 2 is 1.97 bits per heavy atom. The number of benzene rings is 1. The van der Waals surface area contributed by atoms with Crippen LogP contribution in [0.25, 0.3) is 16.6 Å². The number of imidazole rings is 1. The predicted octanol–water partition coefficient (Wildman–Crippen LogP) is 1.86. The number of H-pyrrole nitrogens is 1. The number of nitrogens with zero attached hydrogens (tertiary/aromatic N) is 3. The second-order valence-corrected chi connectivity index (χ2v) is 7.25. The number of rotatable bonds is 9. The summed E-state index contributed by atoms with van der Waals surface area (Å²) in [6.45, 7) is 5.17. The predicted molar refractivity (Wildman–Crippen MR) is 127 cm³/mol. The summed E-state index contributed by atoms with van der Waals surface area (Å²) in [5.74, 6) is 1.55. The van der Waals surface area contributed by atoms with Gasteiger partial charge in [-0.3, -0.25) is 10.2 Å². The van der Waals surface area contributed by atoms with Crippen LogP contribution in [0.2, 0.25) is 0 Å². The van der Waals surface area contributed by atoms with E-state index in [1.807, 2.05) is 13.8 Å². The quantitative estimate of drug-likeness (QED) is 0.323. The number of carbonyl (C=O) groups is 1. The largest absolute Gasteiger partial charge is 0.493 e. The highest BCUT2D eigenvalue weighted by Crippen LogP contribution is 2.33. The lowest BCUT2D eigenvalue weighted by Gasteiger charge is -2.23. The van der Waals surface area contributed by atoms with E-state index in [1.54, 1.807) is 43.9 Å².